The van der Waals surface area contributed by atoms with Crippen LogP contribution < -0.4 is 87.6 Å². The Hall–Kier alpha value is -1.43. The molecule has 4 rings (SSSR count). The van der Waals surface area contributed by atoms with Gasteiger partial charge in [-0.1, -0.05) is 55.9 Å². The second kappa shape index (κ2) is 24.6. The van der Waals surface area contributed by atoms with Gasteiger partial charge in [0, 0.05) is 37.1 Å². The maximum Gasteiger partial charge on any atom is 1.00 e. The van der Waals surface area contributed by atoms with Gasteiger partial charge in [0.2, 0.25) is 11.8 Å². The molecule has 316 valence electrons. The number of hydrogen-bond donors (Lipinski definition) is 6. The smallest absolute Gasteiger partial charge is 0.756 e. The molecule has 0 spiro atoms. The van der Waals surface area contributed by atoms with Crippen molar-refractivity contribution in [2.75, 3.05) is 37.8 Å². The van der Waals surface area contributed by atoms with Crippen molar-refractivity contribution in [3.63, 3.8) is 0 Å². The van der Waals surface area contributed by atoms with E-state index in [1.165, 1.54) is 13.8 Å². The molecular weight excluding hydrogens is 864 g/mol. The number of hydrogen-bond acceptors (Lipinski definition) is 21. The van der Waals surface area contributed by atoms with E-state index < -0.39 is 84.6 Å². The molecular formula is C29H39Li3N7O17P3S. The van der Waals surface area contributed by atoms with Gasteiger partial charge in [-0.15, -0.1) is 0 Å². The molecule has 60 heavy (non-hydrogen) atoms. The largest absolute Gasteiger partial charge is 1.00 e. The van der Waals surface area contributed by atoms with Crippen LogP contribution in [0.25, 0.3) is 11.2 Å². The molecule has 1 aliphatic rings. The van der Waals surface area contributed by atoms with Gasteiger partial charge >= 0.3 is 56.6 Å². The zero-order valence-corrected chi connectivity index (χ0v) is 36.6. The van der Waals surface area contributed by atoms with Crippen LogP contribution in [0.4, 0.5) is 5.82 Å². The first kappa shape index (κ1) is 56.6. The summed E-state index contributed by atoms with van der Waals surface area (Å²) in [6.07, 6.45) is -7.15. The number of carbonyl (C=O) groups excluding carboxylic acids is 3. The first-order valence-corrected chi connectivity index (χ1v) is 22.0. The summed E-state index contributed by atoms with van der Waals surface area (Å²) in [5, 5.41) is 26.2. The molecule has 1 saturated heterocycles. The molecule has 0 saturated carbocycles. The summed E-state index contributed by atoms with van der Waals surface area (Å²) >= 11 is 1.06. The summed E-state index contributed by atoms with van der Waals surface area (Å²) in [6.45, 7) is 0.126. The normalized spacial score (nSPS) is 21.1. The average Bonchev–Trinajstić information content (AvgIpc) is 3.68. The van der Waals surface area contributed by atoms with Crippen molar-refractivity contribution >= 4 is 69.1 Å². The summed E-state index contributed by atoms with van der Waals surface area (Å²) in [6, 6.07) is 9.13. The van der Waals surface area contributed by atoms with Gasteiger partial charge in [0.05, 0.1) is 19.5 Å². The summed E-state index contributed by atoms with van der Waals surface area (Å²) in [7, 11) is -17.3. The van der Waals surface area contributed by atoms with Gasteiger partial charge in [-0.3, -0.25) is 32.6 Å². The minimum Gasteiger partial charge on any atom is -0.756 e. The molecule has 8 unspecified atom stereocenters. The van der Waals surface area contributed by atoms with Gasteiger partial charge in [-0.05, 0) is 5.56 Å². The number of thioether (sulfide) groups is 1. The first-order chi connectivity index (χ1) is 26.6. The van der Waals surface area contributed by atoms with Gasteiger partial charge in [0.25, 0.3) is 23.5 Å². The van der Waals surface area contributed by atoms with Gasteiger partial charge in [0.15, 0.2) is 22.8 Å². The number of nitrogen functional groups attached to an aromatic ring is 1. The van der Waals surface area contributed by atoms with Crippen LogP contribution in [0.3, 0.4) is 0 Å². The Balaban J connectivity index is 0.00000600. The van der Waals surface area contributed by atoms with E-state index in [4.69, 9.17) is 10.5 Å². The molecule has 2 aromatic heterocycles. The Labute approximate surface area is 383 Å². The fraction of sp³-hybridized carbons (Fsp3) is 0.517. The van der Waals surface area contributed by atoms with Gasteiger partial charge in [0.1, 0.15) is 36.3 Å². The van der Waals surface area contributed by atoms with Gasteiger partial charge in [-0.25, -0.2) is 19.3 Å². The number of rotatable bonds is 21. The van der Waals surface area contributed by atoms with Crippen LogP contribution in [-0.2, 0) is 57.1 Å². The molecule has 0 radical (unpaired) electrons. The van der Waals surface area contributed by atoms with E-state index in [0.717, 1.165) is 34.5 Å². The number of anilines is 1. The Morgan fingerprint density at radius 2 is 1.67 bits per heavy atom. The van der Waals surface area contributed by atoms with E-state index in [-0.39, 0.29) is 105 Å². The molecule has 8 atom stereocenters. The Bertz CT molecular complexity index is 2040. The summed E-state index contributed by atoms with van der Waals surface area (Å²) in [4.78, 5) is 94.2. The fourth-order valence-electron chi connectivity index (χ4n) is 5.09. The number of nitrogens with two attached hydrogens (primary N) is 1. The molecule has 1 aliphatic heterocycles. The second-order valence-electron chi connectivity index (χ2n) is 12.9. The molecule has 1 fully saturated rings. The van der Waals surface area contributed by atoms with Crippen LogP contribution in [0, 0.1) is 5.41 Å². The maximum absolute atomic E-state index is 12.5. The van der Waals surface area contributed by atoms with E-state index in [1.807, 2.05) is 30.3 Å². The predicted octanol–water partition coefficient (Wildman–Crippen LogP) is -11.0. The minimum absolute atomic E-state index is 0. The average molecular weight is 903 g/mol. The van der Waals surface area contributed by atoms with Crippen LogP contribution in [0.5, 0.6) is 0 Å². The summed E-state index contributed by atoms with van der Waals surface area (Å²) in [5.74, 6) is -1.22. The van der Waals surface area contributed by atoms with Crippen LogP contribution in [0.1, 0.15) is 32.1 Å². The number of benzene rings is 1. The number of phosphoric acid groups is 3. The number of nitrogens with zero attached hydrogens (tertiary/aromatic N) is 4. The minimum atomic E-state index is -5.90. The number of aliphatic hydroxyl groups excluding tert-OH is 2. The van der Waals surface area contributed by atoms with E-state index >= 15 is 0 Å². The summed E-state index contributed by atoms with van der Waals surface area (Å²) in [5.41, 5.74) is 4.97. The van der Waals surface area contributed by atoms with E-state index in [1.54, 1.807) is 0 Å². The quantitative estimate of drug-likeness (QED) is 0.0328. The number of carbonyl (C=O) groups is 3. The molecule has 2 amide bonds. The van der Waals surface area contributed by atoms with Crippen molar-refractivity contribution in [3.05, 3.63) is 48.5 Å². The Morgan fingerprint density at radius 1 is 1.02 bits per heavy atom. The molecule has 1 aromatic carbocycles. The number of amides is 2. The molecule has 0 bridgehead atoms. The monoisotopic (exact) mass is 903 g/mol. The number of aromatic nitrogens is 4. The zero-order chi connectivity index (χ0) is 42.2. The second-order valence-corrected chi connectivity index (χ2v) is 18.1. The van der Waals surface area contributed by atoms with Crippen LogP contribution in [0.15, 0.2) is 43.0 Å². The van der Waals surface area contributed by atoms with Crippen molar-refractivity contribution in [1.82, 2.24) is 30.2 Å². The van der Waals surface area contributed by atoms with Crippen molar-refractivity contribution in [3.8, 4) is 0 Å². The molecule has 24 nitrogen and oxygen atoms in total. The van der Waals surface area contributed by atoms with Gasteiger partial charge < -0.3 is 64.5 Å². The Morgan fingerprint density at radius 3 is 2.32 bits per heavy atom. The predicted molar refractivity (Wildman–Crippen MR) is 191 cm³/mol. The molecule has 0 aliphatic carbocycles. The molecule has 3 aromatic rings. The van der Waals surface area contributed by atoms with Crippen LogP contribution in [0.2, 0.25) is 0 Å². The van der Waals surface area contributed by atoms with E-state index in [9.17, 15) is 57.9 Å². The number of imidazole rings is 1. The Kier molecular flexibility index (Phi) is 23.2. The van der Waals surface area contributed by atoms with Crippen LogP contribution in [-0.4, -0.2) is 108 Å². The number of fused-ring (bicyclic) bond motifs is 1. The van der Waals surface area contributed by atoms with Crippen molar-refractivity contribution in [2.24, 2.45) is 5.41 Å². The number of aliphatic hydroxyl groups is 2. The molecule has 31 heteroatoms. The topological polar surface area (TPSA) is 372 Å². The standard InChI is InChI=1S/C29H42N7O17P3S.3Li/c1-29(2,24(40)27(41)32-9-8-19(37)31-10-11-57-20(38)12-17-6-4-3-5-7-17)14-50-56(47,48)53-55(45,46)49-13-18-23(52-54(42,43)44)22(39)28(51-18)36-16-35-21-25(30)33-15-34-26(21)36;;;/h3-7,15-16,18,22-24,28,39-40H,8-14H2,1-2H3,(H,31,37)(H,32,41)(H,45,46)(H,47,48)(H2,30,33,34)(H2,42,43,44);;;/q;3*+1/p-3. The van der Waals surface area contributed by atoms with Gasteiger partial charge in [-0.2, -0.15) is 0 Å². The molecule has 7 N–H and O–H groups in total. The SMILES string of the molecule is CC(C)(COP(=O)([O-])OP(=O)([O-])OCC1OC(n2cnc3c(N)ncnc32)C(O)C1OP(=O)([O-])O)C(O)C(=O)NCCC(=O)NCCSC(=O)Cc1ccccc1.[Li+].[Li+].[Li+]. The fourth-order valence-corrected chi connectivity index (χ4v) is 8.54. The molecule has 3 heterocycles. The van der Waals surface area contributed by atoms with Crippen LogP contribution >= 0.6 is 35.2 Å². The number of phosphoric ester groups is 3. The maximum atomic E-state index is 12.5. The third-order valence-electron chi connectivity index (χ3n) is 7.94. The summed E-state index contributed by atoms with van der Waals surface area (Å²) < 4.78 is 60.8. The van der Waals surface area contributed by atoms with E-state index in [2.05, 4.69) is 43.5 Å². The first-order valence-electron chi connectivity index (χ1n) is 16.6. The van der Waals surface area contributed by atoms with Crippen molar-refractivity contribution in [2.45, 2.75) is 57.3 Å². The van der Waals surface area contributed by atoms with Crippen molar-refractivity contribution < 1.29 is 137 Å². The number of ether oxygens (including phenoxy) is 1. The van der Waals surface area contributed by atoms with Crippen molar-refractivity contribution in [1.29, 1.82) is 0 Å². The third kappa shape index (κ3) is 17.3. The van der Waals surface area contributed by atoms with E-state index in [0.29, 0.717) is 5.75 Å². The zero-order valence-electron chi connectivity index (χ0n) is 33.1. The third-order valence-corrected chi connectivity index (χ3v) is 11.8. The number of nitrogens with one attached hydrogen (secondary N) is 2.